The number of hydrogen-bond acceptors (Lipinski definition) is 2. The fourth-order valence-corrected chi connectivity index (χ4v) is 3.87. The fourth-order valence-electron chi connectivity index (χ4n) is 3.87. The van der Waals surface area contributed by atoms with Gasteiger partial charge in [-0.05, 0) is 68.0 Å². The van der Waals surface area contributed by atoms with Gasteiger partial charge in [0.25, 0.3) is 0 Å². The second-order valence-electron chi connectivity index (χ2n) is 6.88. The van der Waals surface area contributed by atoms with Crippen LogP contribution in [0.1, 0.15) is 60.0 Å². The second-order valence-corrected chi connectivity index (χ2v) is 6.88. The van der Waals surface area contributed by atoms with Crippen molar-refractivity contribution >= 4 is 22.1 Å². The molecular formula is C23H22O2. The first-order chi connectivity index (χ1) is 12.1. The van der Waals surface area contributed by atoms with Gasteiger partial charge in [0, 0.05) is 5.57 Å². The number of carbonyl (C=O) groups is 1. The highest BCUT2D eigenvalue weighted by atomic mass is 16.3. The Morgan fingerprint density at radius 3 is 2.36 bits per heavy atom. The molecule has 4 rings (SSSR count). The van der Waals surface area contributed by atoms with E-state index in [1.165, 1.54) is 40.3 Å². The Morgan fingerprint density at radius 1 is 0.960 bits per heavy atom. The van der Waals surface area contributed by atoms with Gasteiger partial charge < -0.3 is 4.42 Å². The Hall–Kier alpha value is -2.61. The zero-order chi connectivity index (χ0) is 17.4. The van der Waals surface area contributed by atoms with Crippen LogP contribution < -0.4 is 0 Å². The molecule has 3 aromatic rings. The molecule has 1 aromatic heterocycles. The lowest BCUT2D eigenvalue weighted by Crippen LogP contribution is -1.92. The Bertz CT molecular complexity index is 980. The smallest absolute Gasteiger partial charge is 0.163 e. The van der Waals surface area contributed by atoms with E-state index < -0.39 is 0 Å². The van der Waals surface area contributed by atoms with Crippen molar-refractivity contribution in [2.45, 2.75) is 39.5 Å². The zero-order valence-corrected chi connectivity index (χ0v) is 14.8. The maximum absolute atomic E-state index is 11.9. The van der Waals surface area contributed by atoms with Gasteiger partial charge in [-0.15, -0.1) is 0 Å². The summed E-state index contributed by atoms with van der Waals surface area (Å²) in [6.45, 7) is 3.47. The van der Waals surface area contributed by atoms with Crippen molar-refractivity contribution in [3.8, 4) is 0 Å². The molecule has 0 amide bonds. The molecule has 1 saturated carbocycles. The number of hydrogen-bond donors (Lipinski definition) is 0. The maximum Gasteiger partial charge on any atom is 0.163 e. The fraction of sp³-hybridized carbons (Fsp3) is 0.261. The maximum atomic E-state index is 11.9. The van der Waals surface area contributed by atoms with Crippen LogP contribution in [-0.4, -0.2) is 5.78 Å². The number of furan rings is 1. The average Bonchev–Trinajstić information content (AvgIpc) is 3.25. The SMILES string of the molecule is CC(=O)c1cc(C(=C2CCCC2)c2ccc3ccccc3c2)oc1C. The monoisotopic (exact) mass is 330 g/mol. The molecule has 0 unspecified atom stereocenters. The Kier molecular flexibility index (Phi) is 4.04. The molecule has 0 spiro atoms. The predicted octanol–water partition coefficient (Wildman–Crippen LogP) is 6.32. The molecule has 0 atom stereocenters. The number of aryl methyl sites for hydroxylation is 1. The molecule has 1 aliphatic rings. The predicted molar refractivity (Wildman–Crippen MR) is 102 cm³/mol. The van der Waals surface area contributed by atoms with Gasteiger partial charge in [0.05, 0.1) is 5.56 Å². The molecule has 0 saturated heterocycles. The van der Waals surface area contributed by atoms with E-state index in [-0.39, 0.29) is 5.78 Å². The van der Waals surface area contributed by atoms with E-state index in [0.29, 0.717) is 11.3 Å². The molecule has 0 radical (unpaired) electrons. The number of ketones is 1. The minimum atomic E-state index is 0.0572. The van der Waals surface area contributed by atoms with Crippen LogP contribution in [-0.2, 0) is 0 Å². The number of Topliss-reactive ketones (excluding diaryl/α,β-unsaturated/α-hetero) is 1. The molecule has 1 heterocycles. The minimum Gasteiger partial charge on any atom is -0.461 e. The largest absolute Gasteiger partial charge is 0.461 e. The summed E-state index contributed by atoms with van der Waals surface area (Å²) in [6, 6.07) is 16.9. The lowest BCUT2D eigenvalue weighted by molar-refractivity contribution is 0.101. The van der Waals surface area contributed by atoms with Gasteiger partial charge >= 0.3 is 0 Å². The van der Waals surface area contributed by atoms with Gasteiger partial charge in [-0.1, -0.05) is 42.0 Å². The van der Waals surface area contributed by atoms with E-state index in [9.17, 15) is 4.79 Å². The van der Waals surface area contributed by atoms with Crippen LogP contribution in [0.2, 0.25) is 0 Å². The van der Waals surface area contributed by atoms with E-state index >= 15 is 0 Å². The summed E-state index contributed by atoms with van der Waals surface area (Å²) in [4.78, 5) is 11.9. The number of rotatable bonds is 3. The van der Waals surface area contributed by atoms with Crippen molar-refractivity contribution in [1.29, 1.82) is 0 Å². The van der Waals surface area contributed by atoms with Crippen molar-refractivity contribution in [3.63, 3.8) is 0 Å². The van der Waals surface area contributed by atoms with E-state index in [0.717, 1.165) is 18.6 Å². The minimum absolute atomic E-state index is 0.0572. The van der Waals surface area contributed by atoms with E-state index in [1.54, 1.807) is 6.92 Å². The van der Waals surface area contributed by atoms with Crippen LogP contribution in [0.3, 0.4) is 0 Å². The number of benzene rings is 2. The third-order valence-corrected chi connectivity index (χ3v) is 5.14. The molecule has 1 aliphatic carbocycles. The topological polar surface area (TPSA) is 30.2 Å². The van der Waals surface area contributed by atoms with Gasteiger partial charge in [0.15, 0.2) is 5.78 Å². The van der Waals surface area contributed by atoms with Gasteiger partial charge in [0.2, 0.25) is 0 Å². The van der Waals surface area contributed by atoms with E-state index in [1.807, 2.05) is 13.0 Å². The molecule has 2 heteroatoms. The molecule has 0 N–H and O–H groups in total. The summed E-state index contributed by atoms with van der Waals surface area (Å²) in [5.74, 6) is 1.59. The highest BCUT2D eigenvalue weighted by Gasteiger charge is 2.21. The quantitative estimate of drug-likeness (QED) is 0.526. The van der Waals surface area contributed by atoms with Crippen molar-refractivity contribution in [2.75, 3.05) is 0 Å². The molecular weight excluding hydrogens is 308 g/mol. The van der Waals surface area contributed by atoms with Gasteiger partial charge in [-0.25, -0.2) is 0 Å². The summed E-state index contributed by atoms with van der Waals surface area (Å²) in [5.41, 5.74) is 4.49. The van der Waals surface area contributed by atoms with Crippen molar-refractivity contribution in [1.82, 2.24) is 0 Å². The zero-order valence-electron chi connectivity index (χ0n) is 14.8. The summed E-state index contributed by atoms with van der Waals surface area (Å²) in [7, 11) is 0. The van der Waals surface area contributed by atoms with Crippen LogP contribution in [0, 0.1) is 6.92 Å². The van der Waals surface area contributed by atoms with E-state index in [2.05, 4.69) is 42.5 Å². The number of fused-ring (bicyclic) bond motifs is 1. The van der Waals surface area contributed by atoms with Gasteiger partial charge in [-0.2, -0.15) is 0 Å². The molecule has 25 heavy (non-hydrogen) atoms. The van der Waals surface area contributed by atoms with Crippen LogP contribution in [0.15, 0.2) is 58.5 Å². The molecule has 2 aromatic carbocycles. The highest BCUT2D eigenvalue weighted by molar-refractivity contribution is 5.97. The average molecular weight is 330 g/mol. The van der Waals surface area contributed by atoms with Gasteiger partial charge in [0.1, 0.15) is 11.5 Å². The highest BCUT2D eigenvalue weighted by Crippen LogP contribution is 2.38. The normalized spacial score (nSPS) is 14.2. The van der Waals surface area contributed by atoms with Crippen LogP contribution >= 0.6 is 0 Å². The molecule has 0 bridgehead atoms. The summed E-state index contributed by atoms with van der Waals surface area (Å²) < 4.78 is 6.04. The summed E-state index contributed by atoms with van der Waals surface area (Å²) in [5, 5.41) is 2.47. The number of allylic oxidation sites excluding steroid dienone is 1. The lowest BCUT2D eigenvalue weighted by Gasteiger charge is -2.11. The van der Waals surface area contributed by atoms with E-state index in [4.69, 9.17) is 4.42 Å². The van der Waals surface area contributed by atoms with Gasteiger partial charge in [-0.3, -0.25) is 4.79 Å². The molecule has 126 valence electrons. The number of carbonyl (C=O) groups excluding carboxylic acids is 1. The molecule has 0 aliphatic heterocycles. The summed E-state index contributed by atoms with van der Waals surface area (Å²) in [6.07, 6.45) is 4.67. The first kappa shape index (κ1) is 15.9. The Labute approximate surface area is 148 Å². The Balaban J connectivity index is 1.91. The van der Waals surface area contributed by atoms with Crippen LogP contribution in [0.4, 0.5) is 0 Å². The van der Waals surface area contributed by atoms with Crippen molar-refractivity contribution in [3.05, 3.63) is 76.8 Å². The second kappa shape index (κ2) is 6.36. The third-order valence-electron chi connectivity index (χ3n) is 5.14. The van der Waals surface area contributed by atoms with Crippen LogP contribution in [0.25, 0.3) is 16.3 Å². The third kappa shape index (κ3) is 2.93. The standard InChI is InChI=1S/C23H22O2/c1-15(24)21-14-22(25-16(21)2)23(18-8-4-5-9-18)20-12-11-17-7-3-6-10-19(17)13-20/h3,6-7,10-14H,4-5,8-9H2,1-2H3. The van der Waals surface area contributed by atoms with Crippen molar-refractivity contribution < 1.29 is 9.21 Å². The van der Waals surface area contributed by atoms with Crippen molar-refractivity contribution in [2.24, 2.45) is 0 Å². The molecule has 1 fully saturated rings. The lowest BCUT2D eigenvalue weighted by atomic mass is 9.94. The summed E-state index contributed by atoms with van der Waals surface area (Å²) >= 11 is 0. The Morgan fingerprint density at radius 2 is 1.68 bits per heavy atom. The first-order valence-electron chi connectivity index (χ1n) is 8.96. The van der Waals surface area contributed by atoms with Crippen LogP contribution in [0.5, 0.6) is 0 Å². The first-order valence-corrected chi connectivity index (χ1v) is 8.96. The molecule has 2 nitrogen and oxygen atoms in total.